The standard InChI is InChI=1S/C22H20ClF3O3/c23-19-17(14-4-6-15(7-5-14)22(24,25)26)10-16(21(20(27)28)8-1-9-21)11-18(19)29-12-13-2-3-13/h4-7,10-11,13H,1-3,8-9,12H2,(H,27,28). The highest BCUT2D eigenvalue weighted by Crippen LogP contribution is 2.48. The lowest BCUT2D eigenvalue weighted by Gasteiger charge is -2.38. The Morgan fingerprint density at radius 2 is 1.83 bits per heavy atom. The molecule has 0 unspecified atom stereocenters. The second kappa shape index (κ2) is 7.24. The van der Waals surface area contributed by atoms with Crippen LogP contribution in [0.25, 0.3) is 11.1 Å². The maximum absolute atomic E-state index is 12.9. The monoisotopic (exact) mass is 424 g/mol. The van der Waals surface area contributed by atoms with Gasteiger partial charge in [-0.2, -0.15) is 13.2 Å². The molecule has 0 aromatic heterocycles. The zero-order valence-corrected chi connectivity index (χ0v) is 16.3. The molecule has 0 bridgehead atoms. The van der Waals surface area contributed by atoms with Crippen LogP contribution in [0.15, 0.2) is 36.4 Å². The van der Waals surface area contributed by atoms with Gasteiger partial charge in [0.2, 0.25) is 0 Å². The normalized spacial score (nSPS) is 18.2. The number of halogens is 4. The van der Waals surface area contributed by atoms with E-state index in [1.807, 2.05) is 0 Å². The van der Waals surface area contributed by atoms with E-state index >= 15 is 0 Å². The molecule has 2 aromatic carbocycles. The SMILES string of the molecule is O=C(O)C1(c2cc(OCC3CC3)c(Cl)c(-c3ccc(C(F)(F)F)cc3)c2)CCC1. The molecule has 4 rings (SSSR count). The summed E-state index contributed by atoms with van der Waals surface area (Å²) in [6.45, 7) is 0.496. The van der Waals surface area contributed by atoms with Crippen LogP contribution in [0, 0.1) is 5.92 Å². The molecule has 7 heteroatoms. The van der Waals surface area contributed by atoms with E-state index in [1.165, 1.54) is 12.1 Å². The highest BCUT2D eigenvalue weighted by Gasteiger charge is 2.46. The average molecular weight is 425 g/mol. The molecule has 0 heterocycles. The average Bonchev–Trinajstić information content (AvgIpc) is 3.44. The molecular formula is C22H20ClF3O3. The van der Waals surface area contributed by atoms with Crippen molar-refractivity contribution >= 4 is 17.6 Å². The van der Waals surface area contributed by atoms with E-state index in [-0.39, 0.29) is 5.02 Å². The summed E-state index contributed by atoms with van der Waals surface area (Å²) in [5, 5.41) is 10.1. The molecule has 2 aliphatic carbocycles. The third-order valence-electron chi connectivity index (χ3n) is 5.90. The first kappa shape index (κ1) is 20.1. The molecule has 3 nitrogen and oxygen atoms in total. The number of carboxylic acid groups (broad SMARTS) is 1. The van der Waals surface area contributed by atoms with E-state index < -0.39 is 23.1 Å². The van der Waals surface area contributed by atoms with Gasteiger partial charge >= 0.3 is 12.1 Å². The topological polar surface area (TPSA) is 46.5 Å². The van der Waals surface area contributed by atoms with Gasteiger partial charge in [0.15, 0.2) is 0 Å². The van der Waals surface area contributed by atoms with Crippen LogP contribution in [0.4, 0.5) is 13.2 Å². The summed E-state index contributed by atoms with van der Waals surface area (Å²) < 4.78 is 44.6. The highest BCUT2D eigenvalue weighted by molar-refractivity contribution is 6.34. The Morgan fingerprint density at radius 3 is 2.31 bits per heavy atom. The Balaban J connectivity index is 1.78. The van der Waals surface area contributed by atoms with E-state index in [4.69, 9.17) is 16.3 Å². The number of hydrogen-bond donors (Lipinski definition) is 1. The Labute approximate surface area is 171 Å². The number of benzene rings is 2. The van der Waals surface area contributed by atoms with Crippen LogP contribution in [-0.2, 0) is 16.4 Å². The maximum atomic E-state index is 12.9. The summed E-state index contributed by atoms with van der Waals surface area (Å²) in [6, 6.07) is 8.08. The van der Waals surface area contributed by atoms with E-state index in [9.17, 15) is 23.1 Å². The fourth-order valence-electron chi connectivity index (χ4n) is 3.68. The minimum Gasteiger partial charge on any atom is -0.492 e. The summed E-state index contributed by atoms with van der Waals surface area (Å²) in [7, 11) is 0. The molecule has 154 valence electrons. The Kier molecular flexibility index (Phi) is 5.01. The van der Waals surface area contributed by atoms with Gasteiger partial charge in [-0.3, -0.25) is 4.79 Å². The highest BCUT2D eigenvalue weighted by atomic mass is 35.5. The lowest BCUT2D eigenvalue weighted by Crippen LogP contribution is -2.42. The number of carbonyl (C=O) groups is 1. The molecule has 2 aliphatic rings. The fourth-order valence-corrected chi connectivity index (χ4v) is 3.95. The number of rotatable bonds is 6. The number of hydrogen-bond acceptors (Lipinski definition) is 2. The first-order valence-electron chi connectivity index (χ1n) is 9.58. The van der Waals surface area contributed by atoms with Crippen molar-refractivity contribution in [2.45, 2.75) is 43.7 Å². The summed E-state index contributed by atoms with van der Waals surface area (Å²) in [5.74, 6) is -0.0440. The van der Waals surface area contributed by atoms with Gasteiger partial charge in [0.05, 0.1) is 22.6 Å². The number of alkyl halides is 3. The van der Waals surface area contributed by atoms with Gasteiger partial charge in [0.1, 0.15) is 5.75 Å². The van der Waals surface area contributed by atoms with E-state index in [1.54, 1.807) is 12.1 Å². The zero-order valence-electron chi connectivity index (χ0n) is 15.6. The quantitative estimate of drug-likeness (QED) is 0.590. The molecule has 0 saturated heterocycles. The van der Waals surface area contributed by atoms with Crippen LogP contribution in [-0.4, -0.2) is 17.7 Å². The lowest BCUT2D eigenvalue weighted by atomic mass is 9.64. The summed E-state index contributed by atoms with van der Waals surface area (Å²) in [6.07, 6.45) is -0.425. The molecule has 0 spiro atoms. The Hall–Kier alpha value is -2.21. The van der Waals surface area contributed by atoms with Gasteiger partial charge in [-0.05, 0) is 67.0 Å². The Bertz CT molecular complexity index is 930. The van der Waals surface area contributed by atoms with Crippen LogP contribution in [0.2, 0.25) is 5.02 Å². The number of ether oxygens (including phenoxy) is 1. The van der Waals surface area contributed by atoms with Crippen molar-refractivity contribution in [3.63, 3.8) is 0 Å². The number of carboxylic acids is 1. The van der Waals surface area contributed by atoms with Crippen LogP contribution >= 0.6 is 11.6 Å². The molecule has 2 fully saturated rings. The smallest absolute Gasteiger partial charge is 0.416 e. The molecule has 0 radical (unpaired) electrons. The zero-order chi connectivity index (χ0) is 20.8. The van der Waals surface area contributed by atoms with Crippen LogP contribution < -0.4 is 4.74 Å². The van der Waals surface area contributed by atoms with Crippen molar-refractivity contribution in [3.05, 3.63) is 52.5 Å². The summed E-state index contributed by atoms with van der Waals surface area (Å²) >= 11 is 6.55. The van der Waals surface area contributed by atoms with Crippen LogP contribution in [0.3, 0.4) is 0 Å². The molecule has 0 amide bonds. The summed E-state index contributed by atoms with van der Waals surface area (Å²) in [5.41, 5.74) is -0.193. The Morgan fingerprint density at radius 1 is 1.17 bits per heavy atom. The van der Waals surface area contributed by atoms with Gasteiger partial charge in [-0.25, -0.2) is 0 Å². The summed E-state index contributed by atoms with van der Waals surface area (Å²) in [4.78, 5) is 12.0. The van der Waals surface area contributed by atoms with Crippen molar-refractivity contribution in [2.24, 2.45) is 5.92 Å². The molecule has 2 saturated carbocycles. The molecule has 2 aromatic rings. The van der Waals surface area contributed by atoms with Crippen molar-refractivity contribution in [1.29, 1.82) is 0 Å². The van der Waals surface area contributed by atoms with E-state index in [2.05, 4.69) is 0 Å². The molecule has 29 heavy (non-hydrogen) atoms. The molecule has 1 N–H and O–H groups in total. The van der Waals surface area contributed by atoms with Crippen molar-refractivity contribution in [1.82, 2.24) is 0 Å². The van der Waals surface area contributed by atoms with Gasteiger partial charge < -0.3 is 9.84 Å². The largest absolute Gasteiger partial charge is 0.492 e. The number of aliphatic carboxylic acids is 1. The second-order valence-electron chi connectivity index (χ2n) is 7.91. The molecule has 0 atom stereocenters. The first-order valence-corrected chi connectivity index (χ1v) is 9.96. The molecular weight excluding hydrogens is 405 g/mol. The third kappa shape index (κ3) is 3.82. The van der Waals surface area contributed by atoms with Gasteiger partial charge in [0, 0.05) is 5.56 Å². The van der Waals surface area contributed by atoms with Gasteiger partial charge in [-0.15, -0.1) is 0 Å². The van der Waals surface area contributed by atoms with Gasteiger partial charge in [-0.1, -0.05) is 30.2 Å². The second-order valence-corrected chi connectivity index (χ2v) is 8.28. The fraction of sp³-hybridized carbons (Fsp3) is 0.409. The van der Waals surface area contributed by atoms with Crippen molar-refractivity contribution in [3.8, 4) is 16.9 Å². The van der Waals surface area contributed by atoms with Crippen LogP contribution in [0.1, 0.15) is 43.2 Å². The predicted molar refractivity (Wildman–Crippen MR) is 103 cm³/mol. The minimum absolute atomic E-state index is 0.286. The van der Waals surface area contributed by atoms with Crippen LogP contribution in [0.5, 0.6) is 5.75 Å². The van der Waals surface area contributed by atoms with Crippen molar-refractivity contribution in [2.75, 3.05) is 6.61 Å². The van der Waals surface area contributed by atoms with E-state index in [0.29, 0.717) is 47.8 Å². The third-order valence-corrected chi connectivity index (χ3v) is 6.29. The maximum Gasteiger partial charge on any atom is 0.416 e. The first-order chi connectivity index (χ1) is 13.7. The lowest BCUT2D eigenvalue weighted by molar-refractivity contribution is -0.147. The molecule has 0 aliphatic heterocycles. The minimum atomic E-state index is -4.43. The van der Waals surface area contributed by atoms with E-state index in [0.717, 1.165) is 31.4 Å². The van der Waals surface area contributed by atoms with Gasteiger partial charge in [0.25, 0.3) is 0 Å². The van der Waals surface area contributed by atoms with Crippen molar-refractivity contribution < 1.29 is 27.8 Å². The predicted octanol–water partition coefficient (Wildman–Crippen LogP) is 6.32.